The molecule has 0 amide bonds. The third kappa shape index (κ3) is 2.35. The van der Waals surface area contributed by atoms with E-state index in [2.05, 4.69) is 28.3 Å². The Morgan fingerprint density at radius 3 is 2.79 bits per heavy atom. The number of aromatic nitrogens is 2. The van der Waals surface area contributed by atoms with Crippen molar-refractivity contribution in [3.8, 4) is 11.4 Å². The minimum absolute atomic E-state index is 0.131. The van der Waals surface area contributed by atoms with Gasteiger partial charge in [-0.25, -0.2) is 0 Å². The van der Waals surface area contributed by atoms with E-state index in [0.717, 1.165) is 16.3 Å². The fourth-order valence-corrected chi connectivity index (χ4v) is 2.12. The topological polar surface area (TPSA) is 59.2 Å². The molecule has 0 aliphatic rings. The highest BCUT2D eigenvalue weighted by Gasteiger charge is 2.10. The second-order valence-corrected chi connectivity index (χ2v) is 4.37. The number of aliphatic hydroxyl groups excluding tert-OH is 1. The average Bonchev–Trinajstić information content (AvgIpc) is 2.93. The highest BCUT2D eigenvalue weighted by Crippen LogP contribution is 2.26. The Morgan fingerprint density at radius 1 is 1.05 bits per heavy atom. The van der Waals surface area contributed by atoms with Gasteiger partial charge in [0.1, 0.15) is 0 Å². The molecule has 4 heteroatoms. The number of aryl methyl sites for hydroxylation is 1. The summed E-state index contributed by atoms with van der Waals surface area (Å²) in [5.74, 6) is 1.17. The highest BCUT2D eigenvalue weighted by molar-refractivity contribution is 5.94. The normalized spacial score (nSPS) is 11.0. The van der Waals surface area contributed by atoms with E-state index in [0.29, 0.717) is 24.6 Å². The van der Waals surface area contributed by atoms with Crippen LogP contribution in [0.3, 0.4) is 0 Å². The summed E-state index contributed by atoms with van der Waals surface area (Å²) < 4.78 is 5.20. The second kappa shape index (κ2) is 5.20. The van der Waals surface area contributed by atoms with Crippen molar-refractivity contribution in [2.45, 2.75) is 12.8 Å². The van der Waals surface area contributed by atoms with E-state index in [9.17, 15) is 0 Å². The molecule has 0 radical (unpaired) electrons. The van der Waals surface area contributed by atoms with Gasteiger partial charge in [-0.15, -0.1) is 0 Å². The lowest BCUT2D eigenvalue weighted by molar-refractivity contribution is 0.278. The van der Waals surface area contributed by atoms with E-state index in [-0.39, 0.29) is 6.61 Å². The second-order valence-electron chi connectivity index (χ2n) is 4.37. The number of hydrogen-bond donors (Lipinski definition) is 1. The third-order valence-electron chi connectivity index (χ3n) is 3.05. The monoisotopic (exact) mass is 254 g/mol. The highest BCUT2D eigenvalue weighted by atomic mass is 16.5. The van der Waals surface area contributed by atoms with Crippen LogP contribution in [0.5, 0.6) is 0 Å². The number of fused-ring (bicyclic) bond motifs is 1. The van der Waals surface area contributed by atoms with Gasteiger partial charge < -0.3 is 9.63 Å². The van der Waals surface area contributed by atoms with Crippen LogP contribution in [0.1, 0.15) is 12.3 Å². The Hall–Kier alpha value is -2.20. The number of aliphatic hydroxyl groups is 1. The molecule has 2 aromatic carbocycles. The van der Waals surface area contributed by atoms with Gasteiger partial charge in [-0.3, -0.25) is 0 Å². The molecule has 0 unspecified atom stereocenters. The van der Waals surface area contributed by atoms with Gasteiger partial charge in [0.25, 0.3) is 0 Å². The summed E-state index contributed by atoms with van der Waals surface area (Å²) in [6.07, 6.45) is 1.24. The molecule has 0 fully saturated rings. The standard InChI is InChI=1S/C15H14N2O2/c18-10-4-9-14-16-15(17-19-14)13-8-3-6-11-5-1-2-7-12(11)13/h1-3,5-8,18H,4,9-10H2. The van der Waals surface area contributed by atoms with E-state index >= 15 is 0 Å². The molecule has 1 N–H and O–H groups in total. The van der Waals surface area contributed by atoms with Gasteiger partial charge >= 0.3 is 0 Å². The summed E-state index contributed by atoms with van der Waals surface area (Å²) in [6, 6.07) is 14.2. The molecule has 0 atom stereocenters. The molecule has 1 heterocycles. The van der Waals surface area contributed by atoms with Gasteiger partial charge in [0.05, 0.1) is 0 Å². The van der Waals surface area contributed by atoms with Gasteiger partial charge in [0.2, 0.25) is 11.7 Å². The summed E-state index contributed by atoms with van der Waals surface area (Å²) in [6.45, 7) is 0.131. The van der Waals surface area contributed by atoms with Crippen LogP contribution in [0.25, 0.3) is 22.2 Å². The lowest BCUT2D eigenvalue weighted by Crippen LogP contribution is -1.89. The zero-order valence-corrected chi connectivity index (χ0v) is 10.4. The fraction of sp³-hybridized carbons (Fsp3) is 0.200. The first kappa shape index (κ1) is 11.9. The first-order valence-corrected chi connectivity index (χ1v) is 6.30. The van der Waals surface area contributed by atoms with E-state index in [1.807, 2.05) is 24.3 Å². The summed E-state index contributed by atoms with van der Waals surface area (Å²) in [7, 11) is 0. The fourth-order valence-electron chi connectivity index (χ4n) is 2.12. The van der Waals surface area contributed by atoms with Gasteiger partial charge in [0, 0.05) is 18.6 Å². The van der Waals surface area contributed by atoms with Crippen molar-refractivity contribution in [3.05, 3.63) is 48.4 Å². The van der Waals surface area contributed by atoms with Crippen molar-refractivity contribution in [1.82, 2.24) is 10.1 Å². The smallest absolute Gasteiger partial charge is 0.227 e. The minimum Gasteiger partial charge on any atom is -0.396 e. The Kier molecular flexibility index (Phi) is 3.25. The van der Waals surface area contributed by atoms with Crippen LogP contribution in [0.2, 0.25) is 0 Å². The molecule has 0 bridgehead atoms. The predicted molar refractivity (Wildman–Crippen MR) is 72.6 cm³/mol. The Bertz CT molecular complexity index is 686. The first-order valence-electron chi connectivity index (χ1n) is 6.30. The van der Waals surface area contributed by atoms with Crippen molar-refractivity contribution in [1.29, 1.82) is 0 Å². The van der Waals surface area contributed by atoms with E-state index < -0.39 is 0 Å². The molecule has 0 saturated carbocycles. The van der Waals surface area contributed by atoms with Crippen LogP contribution >= 0.6 is 0 Å². The van der Waals surface area contributed by atoms with Gasteiger partial charge in [0.15, 0.2) is 0 Å². The SMILES string of the molecule is OCCCc1nc(-c2cccc3ccccc23)no1. The zero-order valence-electron chi connectivity index (χ0n) is 10.4. The lowest BCUT2D eigenvalue weighted by Gasteiger charge is -2.01. The Labute approximate surface area is 110 Å². The maximum absolute atomic E-state index is 8.80. The number of benzene rings is 2. The largest absolute Gasteiger partial charge is 0.396 e. The molecular formula is C15H14N2O2. The zero-order chi connectivity index (χ0) is 13.1. The predicted octanol–water partition coefficient (Wildman–Crippen LogP) is 2.81. The maximum Gasteiger partial charge on any atom is 0.227 e. The Morgan fingerprint density at radius 2 is 1.89 bits per heavy atom. The third-order valence-corrected chi connectivity index (χ3v) is 3.05. The molecule has 3 rings (SSSR count). The van der Waals surface area contributed by atoms with Gasteiger partial charge in [-0.2, -0.15) is 4.98 Å². The van der Waals surface area contributed by atoms with Crippen molar-refractivity contribution < 1.29 is 9.63 Å². The van der Waals surface area contributed by atoms with Crippen molar-refractivity contribution in [2.75, 3.05) is 6.61 Å². The number of hydrogen-bond acceptors (Lipinski definition) is 4. The van der Waals surface area contributed by atoms with Gasteiger partial charge in [-0.1, -0.05) is 47.6 Å². The quantitative estimate of drug-likeness (QED) is 0.777. The number of rotatable bonds is 4. The van der Waals surface area contributed by atoms with Crippen molar-refractivity contribution in [3.63, 3.8) is 0 Å². The molecule has 0 spiro atoms. The van der Waals surface area contributed by atoms with Crippen molar-refractivity contribution in [2.24, 2.45) is 0 Å². The molecule has 96 valence electrons. The maximum atomic E-state index is 8.80. The summed E-state index contributed by atoms with van der Waals surface area (Å²) >= 11 is 0. The van der Waals surface area contributed by atoms with E-state index in [4.69, 9.17) is 9.63 Å². The van der Waals surface area contributed by atoms with Crippen LogP contribution in [0.4, 0.5) is 0 Å². The lowest BCUT2D eigenvalue weighted by atomic mass is 10.0. The summed E-state index contributed by atoms with van der Waals surface area (Å²) in [5, 5.41) is 15.1. The molecule has 0 aliphatic carbocycles. The first-order chi connectivity index (χ1) is 9.38. The molecule has 0 aliphatic heterocycles. The molecule has 3 aromatic rings. The summed E-state index contributed by atoms with van der Waals surface area (Å²) in [5.41, 5.74) is 0.970. The van der Waals surface area contributed by atoms with Crippen LogP contribution < -0.4 is 0 Å². The molecular weight excluding hydrogens is 240 g/mol. The average molecular weight is 254 g/mol. The molecule has 19 heavy (non-hydrogen) atoms. The van der Waals surface area contributed by atoms with Gasteiger partial charge in [-0.05, 0) is 17.2 Å². The van der Waals surface area contributed by atoms with Crippen LogP contribution in [0, 0.1) is 0 Å². The molecule has 0 saturated heterocycles. The molecule has 1 aromatic heterocycles. The van der Waals surface area contributed by atoms with E-state index in [1.165, 1.54) is 0 Å². The molecule has 4 nitrogen and oxygen atoms in total. The van der Waals surface area contributed by atoms with Crippen LogP contribution in [0.15, 0.2) is 47.0 Å². The van der Waals surface area contributed by atoms with Crippen molar-refractivity contribution >= 4 is 10.8 Å². The number of nitrogens with zero attached hydrogens (tertiary/aromatic N) is 2. The minimum atomic E-state index is 0.131. The van der Waals surface area contributed by atoms with Crippen LogP contribution in [-0.4, -0.2) is 21.9 Å². The van der Waals surface area contributed by atoms with E-state index in [1.54, 1.807) is 0 Å². The summed E-state index contributed by atoms with van der Waals surface area (Å²) in [4.78, 5) is 4.38. The van der Waals surface area contributed by atoms with Crippen LogP contribution in [-0.2, 0) is 6.42 Å². The Balaban J connectivity index is 2.02.